The van der Waals surface area contributed by atoms with Gasteiger partial charge in [-0.3, -0.25) is 4.90 Å². The summed E-state index contributed by atoms with van der Waals surface area (Å²) in [5.41, 5.74) is 1.46. The number of fused-ring (bicyclic) bond motifs is 1. The monoisotopic (exact) mass is 541 g/mol. The molecule has 0 atom stereocenters. The summed E-state index contributed by atoms with van der Waals surface area (Å²) in [5, 5.41) is 2.96. The minimum Gasteiger partial charge on any atom is -0.335 e. The molecule has 0 aromatic heterocycles. The van der Waals surface area contributed by atoms with E-state index in [1.165, 1.54) is 34.6 Å². The van der Waals surface area contributed by atoms with E-state index in [9.17, 15) is 30.0 Å². The van der Waals surface area contributed by atoms with E-state index in [1.54, 1.807) is 17.0 Å². The Morgan fingerprint density at radius 2 is 1.43 bits per heavy atom. The standard InChI is InChI=1S/C22H27N3O7S3/c1-33(27,28)18-4-3-5-20(15-18)35(31,32)24-11-9-17(10-12-24)23-22(26)25-13-8-16-14-19(34(2,29)30)6-7-21(16)25/h3-7,14-15,17H,8-13H2,1-2H3,(H,23,26). The number of rotatable bonds is 5. The van der Waals surface area contributed by atoms with Crippen molar-refractivity contribution in [2.45, 2.75) is 40.0 Å². The lowest BCUT2D eigenvalue weighted by molar-refractivity contribution is 0.233. The second-order valence-electron chi connectivity index (χ2n) is 8.84. The van der Waals surface area contributed by atoms with Crippen molar-refractivity contribution in [1.82, 2.24) is 9.62 Å². The molecule has 2 aliphatic heterocycles. The number of anilines is 1. The molecule has 1 fully saturated rings. The molecule has 0 saturated carbocycles. The van der Waals surface area contributed by atoms with Gasteiger partial charge in [0.25, 0.3) is 0 Å². The van der Waals surface area contributed by atoms with Gasteiger partial charge in [-0.05, 0) is 61.2 Å². The predicted octanol–water partition coefficient (Wildman–Crippen LogP) is 1.42. The highest BCUT2D eigenvalue weighted by Crippen LogP contribution is 2.30. The van der Waals surface area contributed by atoms with Gasteiger partial charge in [-0.1, -0.05) is 6.07 Å². The van der Waals surface area contributed by atoms with E-state index in [0.29, 0.717) is 31.5 Å². The largest absolute Gasteiger partial charge is 0.335 e. The number of hydrogen-bond acceptors (Lipinski definition) is 7. The van der Waals surface area contributed by atoms with Gasteiger partial charge < -0.3 is 5.32 Å². The zero-order valence-corrected chi connectivity index (χ0v) is 21.8. The van der Waals surface area contributed by atoms with Crippen molar-refractivity contribution in [2.75, 3.05) is 37.0 Å². The third-order valence-electron chi connectivity index (χ3n) is 6.27. The van der Waals surface area contributed by atoms with Crippen LogP contribution in [-0.4, -0.2) is 73.8 Å². The Balaban J connectivity index is 1.39. The lowest BCUT2D eigenvalue weighted by Gasteiger charge is -2.32. The summed E-state index contributed by atoms with van der Waals surface area (Å²) in [6.07, 6.45) is 3.53. The fourth-order valence-corrected chi connectivity index (χ4v) is 7.26. The van der Waals surface area contributed by atoms with E-state index in [4.69, 9.17) is 0 Å². The minimum atomic E-state index is -3.87. The zero-order chi connectivity index (χ0) is 25.6. The molecule has 2 aromatic carbocycles. The first-order chi connectivity index (χ1) is 16.3. The van der Waals surface area contributed by atoms with Crippen LogP contribution in [0.4, 0.5) is 10.5 Å². The van der Waals surface area contributed by atoms with Gasteiger partial charge in [-0.2, -0.15) is 4.31 Å². The molecule has 2 heterocycles. The maximum atomic E-state index is 13.0. The molecule has 0 spiro atoms. The van der Waals surface area contributed by atoms with Gasteiger partial charge in [0.15, 0.2) is 19.7 Å². The Morgan fingerprint density at radius 3 is 2.06 bits per heavy atom. The highest BCUT2D eigenvalue weighted by molar-refractivity contribution is 7.91. The van der Waals surface area contributed by atoms with Crippen molar-refractivity contribution in [3.05, 3.63) is 48.0 Å². The first kappa shape index (κ1) is 25.6. The summed E-state index contributed by atoms with van der Waals surface area (Å²) in [6.45, 7) is 0.799. The smallest absolute Gasteiger partial charge is 0.322 e. The SMILES string of the molecule is CS(=O)(=O)c1cccc(S(=O)(=O)N2CCC(NC(=O)N3CCc4cc(S(C)(=O)=O)ccc43)CC2)c1. The molecule has 0 bridgehead atoms. The first-order valence-corrected chi connectivity index (χ1v) is 16.2. The number of sulfone groups is 2. The Hall–Kier alpha value is -2.48. The number of urea groups is 1. The number of amides is 2. The lowest BCUT2D eigenvalue weighted by atomic mass is 10.1. The molecule has 35 heavy (non-hydrogen) atoms. The van der Waals surface area contributed by atoms with Gasteiger partial charge in [-0.15, -0.1) is 0 Å². The van der Waals surface area contributed by atoms with E-state index in [-0.39, 0.29) is 39.8 Å². The maximum absolute atomic E-state index is 13.0. The van der Waals surface area contributed by atoms with Gasteiger partial charge in [0.2, 0.25) is 10.0 Å². The predicted molar refractivity (Wildman–Crippen MR) is 130 cm³/mol. The van der Waals surface area contributed by atoms with Crippen molar-refractivity contribution in [2.24, 2.45) is 0 Å². The van der Waals surface area contributed by atoms with Crippen molar-refractivity contribution in [3.63, 3.8) is 0 Å². The van der Waals surface area contributed by atoms with Crippen molar-refractivity contribution in [3.8, 4) is 0 Å². The van der Waals surface area contributed by atoms with Gasteiger partial charge in [0.1, 0.15) is 0 Å². The van der Waals surface area contributed by atoms with Crippen LogP contribution in [0.2, 0.25) is 0 Å². The average Bonchev–Trinajstić information content (AvgIpc) is 3.22. The Morgan fingerprint density at radius 1 is 0.829 bits per heavy atom. The van der Waals surface area contributed by atoms with E-state index in [1.807, 2.05) is 0 Å². The number of carbonyl (C=O) groups excluding carboxylic acids is 1. The normalized spacial score (nSPS) is 17.8. The molecular formula is C22H27N3O7S3. The summed E-state index contributed by atoms with van der Waals surface area (Å²) in [4.78, 5) is 14.5. The number of nitrogens with one attached hydrogen (secondary N) is 1. The molecule has 0 radical (unpaired) electrons. The van der Waals surface area contributed by atoms with Gasteiger partial charge in [0, 0.05) is 43.9 Å². The Kier molecular flexibility index (Phi) is 6.72. The second kappa shape index (κ2) is 9.19. The van der Waals surface area contributed by atoms with Crippen LogP contribution in [0.15, 0.2) is 57.2 Å². The quantitative estimate of drug-likeness (QED) is 0.604. The average molecular weight is 542 g/mol. The summed E-state index contributed by atoms with van der Waals surface area (Å²) in [7, 11) is -10.7. The van der Waals surface area contributed by atoms with Crippen LogP contribution in [0.5, 0.6) is 0 Å². The van der Waals surface area contributed by atoms with Crippen LogP contribution < -0.4 is 10.2 Å². The molecule has 0 unspecified atom stereocenters. The van der Waals surface area contributed by atoms with Gasteiger partial charge in [-0.25, -0.2) is 30.0 Å². The second-order valence-corrected chi connectivity index (χ2v) is 14.8. The van der Waals surface area contributed by atoms with E-state index in [2.05, 4.69) is 5.32 Å². The van der Waals surface area contributed by atoms with Gasteiger partial charge in [0.05, 0.1) is 14.7 Å². The molecule has 1 saturated heterocycles. The van der Waals surface area contributed by atoms with Crippen LogP contribution in [0.1, 0.15) is 18.4 Å². The Bertz CT molecular complexity index is 1480. The van der Waals surface area contributed by atoms with E-state index in [0.717, 1.165) is 18.1 Å². The topological polar surface area (TPSA) is 138 Å². The van der Waals surface area contributed by atoms with Crippen molar-refractivity contribution >= 4 is 41.4 Å². The van der Waals surface area contributed by atoms with Crippen LogP contribution >= 0.6 is 0 Å². The van der Waals surface area contributed by atoms with Crippen molar-refractivity contribution in [1.29, 1.82) is 0 Å². The number of hydrogen-bond donors (Lipinski definition) is 1. The van der Waals surface area contributed by atoms with Crippen LogP contribution in [0.25, 0.3) is 0 Å². The van der Waals surface area contributed by atoms with Crippen LogP contribution in [0, 0.1) is 0 Å². The summed E-state index contributed by atoms with van der Waals surface area (Å²) in [5.74, 6) is 0. The number of carbonyl (C=O) groups is 1. The van der Waals surface area contributed by atoms with Crippen molar-refractivity contribution < 1.29 is 30.0 Å². The summed E-state index contributed by atoms with van der Waals surface area (Å²) >= 11 is 0. The number of piperidine rings is 1. The van der Waals surface area contributed by atoms with Crippen LogP contribution in [-0.2, 0) is 36.1 Å². The fourth-order valence-electron chi connectivity index (χ4n) is 4.33. The number of benzene rings is 2. The zero-order valence-electron chi connectivity index (χ0n) is 19.3. The third-order valence-corrected chi connectivity index (χ3v) is 10.4. The molecular weight excluding hydrogens is 514 g/mol. The first-order valence-electron chi connectivity index (χ1n) is 11.0. The molecule has 2 amide bonds. The number of nitrogens with zero attached hydrogens (tertiary/aromatic N) is 2. The molecule has 190 valence electrons. The number of sulfonamides is 1. The van der Waals surface area contributed by atoms with Crippen LogP contribution in [0.3, 0.4) is 0 Å². The fraction of sp³-hybridized carbons (Fsp3) is 0.409. The third kappa shape index (κ3) is 5.37. The highest BCUT2D eigenvalue weighted by atomic mass is 32.2. The highest BCUT2D eigenvalue weighted by Gasteiger charge is 2.32. The summed E-state index contributed by atoms with van der Waals surface area (Å²) < 4.78 is 74.6. The molecule has 4 rings (SSSR count). The maximum Gasteiger partial charge on any atom is 0.322 e. The molecule has 13 heteroatoms. The molecule has 0 aliphatic carbocycles. The van der Waals surface area contributed by atoms with E-state index < -0.39 is 29.7 Å². The molecule has 1 N–H and O–H groups in total. The molecule has 2 aliphatic rings. The van der Waals surface area contributed by atoms with Gasteiger partial charge >= 0.3 is 6.03 Å². The summed E-state index contributed by atoms with van der Waals surface area (Å²) in [6, 6.07) is 9.49. The minimum absolute atomic E-state index is 0.0599. The van der Waals surface area contributed by atoms with E-state index >= 15 is 0 Å². The Labute approximate surface area is 205 Å². The molecule has 10 nitrogen and oxygen atoms in total. The molecule has 2 aromatic rings. The lowest BCUT2D eigenvalue weighted by Crippen LogP contribution is -2.50.